The van der Waals surface area contributed by atoms with Crippen molar-refractivity contribution in [3.63, 3.8) is 0 Å². The van der Waals surface area contributed by atoms with E-state index in [0.717, 1.165) is 31.3 Å². The van der Waals surface area contributed by atoms with Crippen LogP contribution in [0.25, 0.3) is 0 Å². The fourth-order valence-corrected chi connectivity index (χ4v) is 4.07. The monoisotopic (exact) mass is 403 g/mol. The van der Waals surface area contributed by atoms with E-state index >= 15 is 0 Å². The number of hydrogen-bond acceptors (Lipinski definition) is 3. The van der Waals surface area contributed by atoms with Crippen LogP contribution in [0.4, 0.5) is 4.79 Å². The number of rotatable bonds is 8. The molecule has 152 valence electrons. The second-order valence-electron chi connectivity index (χ2n) is 7.86. The third-order valence-electron chi connectivity index (χ3n) is 5.76. The van der Waals surface area contributed by atoms with Gasteiger partial charge < -0.3 is 14.2 Å². The molecule has 0 unspecified atom stereocenters. The van der Waals surface area contributed by atoms with Crippen molar-refractivity contribution in [3.05, 3.63) is 48.0 Å². The van der Waals surface area contributed by atoms with E-state index in [2.05, 4.69) is 9.55 Å². The van der Waals surface area contributed by atoms with Gasteiger partial charge in [-0.25, -0.2) is 9.78 Å². The largest absolute Gasteiger partial charge is 0.414 e. The van der Waals surface area contributed by atoms with E-state index in [9.17, 15) is 4.79 Å². The normalized spacial score (nSPS) is 19.4. The number of aromatic nitrogens is 2. The Hall–Kier alpha value is -2.01. The lowest BCUT2D eigenvalue weighted by molar-refractivity contribution is 0.156. The quantitative estimate of drug-likeness (QED) is 0.572. The highest BCUT2D eigenvalue weighted by Crippen LogP contribution is 2.33. The minimum atomic E-state index is -0.310. The van der Waals surface area contributed by atoms with Crippen molar-refractivity contribution in [1.82, 2.24) is 14.5 Å². The van der Waals surface area contributed by atoms with Crippen molar-refractivity contribution in [2.24, 2.45) is 11.8 Å². The zero-order valence-electron chi connectivity index (χ0n) is 16.6. The first-order valence-electron chi connectivity index (χ1n) is 10.2. The summed E-state index contributed by atoms with van der Waals surface area (Å²) in [6.45, 7) is 1.81. The van der Waals surface area contributed by atoms with Gasteiger partial charge in [-0.1, -0.05) is 37.3 Å². The van der Waals surface area contributed by atoms with E-state index in [0.29, 0.717) is 10.8 Å². The molecule has 1 amide bonds. The number of imidazole rings is 1. The molecule has 1 fully saturated rings. The third-order valence-corrected chi connectivity index (χ3v) is 6.01. The fourth-order valence-electron chi connectivity index (χ4n) is 3.94. The molecule has 1 aromatic carbocycles. The molecular formula is C22H30ClN3O2. The van der Waals surface area contributed by atoms with Crippen LogP contribution in [0.5, 0.6) is 5.75 Å². The Balaban J connectivity index is 1.29. The Morgan fingerprint density at radius 3 is 2.50 bits per heavy atom. The first-order chi connectivity index (χ1) is 13.6. The van der Waals surface area contributed by atoms with Gasteiger partial charge in [0.05, 0.1) is 6.33 Å². The van der Waals surface area contributed by atoms with E-state index in [1.165, 1.54) is 38.5 Å². The van der Waals surface area contributed by atoms with Gasteiger partial charge >= 0.3 is 6.09 Å². The molecule has 0 aliphatic heterocycles. The Kier molecular flexibility index (Phi) is 7.78. The van der Waals surface area contributed by atoms with Crippen molar-refractivity contribution in [2.45, 2.75) is 51.5 Å². The molecule has 0 bridgehead atoms. The highest BCUT2D eigenvalue weighted by Gasteiger charge is 2.22. The van der Waals surface area contributed by atoms with Crippen LogP contribution in [-0.4, -0.2) is 34.1 Å². The molecule has 0 radical (unpaired) electrons. The highest BCUT2D eigenvalue weighted by atomic mass is 35.5. The summed E-state index contributed by atoms with van der Waals surface area (Å²) in [5.41, 5.74) is 0. The standard InChI is InChI=1S/C22H30ClN3O2/c1-25(22(27)28-21-10-8-20(23)9-11-21)15-12-19-6-4-18(5-7-19)3-2-14-26-16-13-24-17-26/h8-11,13,16-19H,2-7,12,14-15H2,1H3. The SMILES string of the molecule is CN(CCC1CCC(CCCn2ccnc2)CC1)C(=O)Oc1ccc(Cl)cc1. The lowest BCUT2D eigenvalue weighted by Crippen LogP contribution is -2.32. The van der Waals surface area contributed by atoms with Crippen molar-refractivity contribution >= 4 is 17.7 Å². The Labute approximate surface area is 172 Å². The fraction of sp³-hybridized carbons (Fsp3) is 0.545. The molecule has 28 heavy (non-hydrogen) atoms. The summed E-state index contributed by atoms with van der Waals surface area (Å²) in [6.07, 6.45) is 14.2. The summed E-state index contributed by atoms with van der Waals surface area (Å²) >= 11 is 5.85. The average Bonchev–Trinajstić information content (AvgIpc) is 3.22. The zero-order chi connectivity index (χ0) is 19.8. The topological polar surface area (TPSA) is 47.4 Å². The molecule has 0 atom stereocenters. The maximum absolute atomic E-state index is 12.2. The van der Waals surface area contributed by atoms with Crippen molar-refractivity contribution in [1.29, 1.82) is 0 Å². The summed E-state index contributed by atoms with van der Waals surface area (Å²) in [6, 6.07) is 6.86. The van der Waals surface area contributed by atoms with Crippen LogP contribution >= 0.6 is 11.6 Å². The molecule has 6 heteroatoms. The summed E-state index contributed by atoms with van der Waals surface area (Å²) in [5, 5.41) is 0.630. The van der Waals surface area contributed by atoms with Gasteiger partial charge in [-0.2, -0.15) is 0 Å². The number of carbonyl (C=O) groups excluding carboxylic acids is 1. The van der Waals surface area contributed by atoms with Crippen LogP contribution in [0.3, 0.4) is 0 Å². The van der Waals surface area contributed by atoms with Gasteiger partial charge in [0.2, 0.25) is 0 Å². The van der Waals surface area contributed by atoms with Gasteiger partial charge in [0.25, 0.3) is 0 Å². The number of carbonyl (C=O) groups is 1. The van der Waals surface area contributed by atoms with Gasteiger partial charge in [-0.15, -0.1) is 0 Å². The molecule has 3 rings (SSSR count). The average molecular weight is 404 g/mol. The maximum Gasteiger partial charge on any atom is 0.414 e. The van der Waals surface area contributed by atoms with Gasteiger partial charge in [-0.05, 0) is 55.4 Å². The smallest absolute Gasteiger partial charge is 0.410 e. The van der Waals surface area contributed by atoms with Crippen LogP contribution in [0.1, 0.15) is 44.9 Å². The Morgan fingerprint density at radius 2 is 1.86 bits per heavy atom. The molecule has 0 spiro atoms. The molecule has 0 N–H and O–H groups in total. The zero-order valence-corrected chi connectivity index (χ0v) is 17.4. The van der Waals surface area contributed by atoms with Gasteiger partial charge in [0.1, 0.15) is 5.75 Å². The molecule has 1 aliphatic carbocycles. The van der Waals surface area contributed by atoms with Crippen molar-refractivity contribution < 1.29 is 9.53 Å². The lowest BCUT2D eigenvalue weighted by atomic mass is 9.79. The predicted molar refractivity (Wildman–Crippen MR) is 112 cm³/mol. The van der Waals surface area contributed by atoms with Crippen LogP contribution in [0, 0.1) is 11.8 Å². The van der Waals surface area contributed by atoms with Gasteiger partial charge in [0.15, 0.2) is 0 Å². The number of benzene rings is 1. The van der Waals surface area contributed by atoms with E-state index in [4.69, 9.17) is 16.3 Å². The van der Waals surface area contributed by atoms with Crippen LogP contribution in [0.2, 0.25) is 5.02 Å². The molecule has 1 saturated carbocycles. The third kappa shape index (κ3) is 6.55. The molecule has 2 aromatic rings. The predicted octanol–water partition coefficient (Wildman–Crippen LogP) is 5.64. The Bertz CT molecular complexity index is 710. The number of nitrogens with zero attached hydrogens (tertiary/aromatic N) is 3. The molecule has 1 aliphatic rings. The lowest BCUT2D eigenvalue weighted by Gasteiger charge is -2.29. The van der Waals surface area contributed by atoms with Gasteiger partial charge in [-0.3, -0.25) is 0 Å². The molecule has 1 heterocycles. The number of aryl methyl sites for hydroxylation is 1. The summed E-state index contributed by atoms with van der Waals surface area (Å²) in [4.78, 5) is 18.0. The highest BCUT2D eigenvalue weighted by molar-refractivity contribution is 6.30. The summed E-state index contributed by atoms with van der Waals surface area (Å²) in [7, 11) is 1.81. The minimum absolute atomic E-state index is 0.310. The van der Waals surface area contributed by atoms with E-state index in [-0.39, 0.29) is 6.09 Å². The second-order valence-corrected chi connectivity index (χ2v) is 8.30. The second kappa shape index (κ2) is 10.5. The number of halogens is 1. The number of ether oxygens (including phenoxy) is 1. The molecule has 5 nitrogen and oxygen atoms in total. The first-order valence-corrected chi connectivity index (χ1v) is 10.6. The van der Waals surface area contributed by atoms with E-state index in [1.54, 1.807) is 36.2 Å². The number of amides is 1. The van der Waals surface area contributed by atoms with Gasteiger partial charge in [0, 0.05) is 37.6 Å². The molecular weight excluding hydrogens is 374 g/mol. The first kappa shape index (κ1) is 20.7. The van der Waals surface area contributed by atoms with E-state index in [1.807, 2.05) is 18.7 Å². The minimum Gasteiger partial charge on any atom is -0.410 e. The summed E-state index contributed by atoms with van der Waals surface area (Å²) < 4.78 is 7.54. The molecule has 1 aromatic heterocycles. The van der Waals surface area contributed by atoms with Crippen LogP contribution < -0.4 is 4.74 Å². The van der Waals surface area contributed by atoms with Crippen LogP contribution in [0.15, 0.2) is 43.0 Å². The summed E-state index contributed by atoms with van der Waals surface area (Å²) in [5.74, 6) is 2.10. The molecule has 0 saturated heterocycles. The van der Waals surface area contributed by atoms with Crippen LogP contribution in [-0.2, 0) is 6.54 Å². The Morgan fingerprint density at radius 1 is 1.18 bits per heavy atom. The van der Waals surface area contributed by atoms with Crippen molar-refractivity contribution in [3.8, 4) is 5.75 Å². The van der Waals surface area contributed by atoms with E-state index < -0.39 is 0 Å². The van der Waals surface area contributed by atoms with Crippen molar-refractivity contribution in [2.75, 3.05) is 13.6 Å². The maximum atomic E-state index is 12.2. The number of hydrogen-bond donors (Lipinski definition) is 0.